The zero-order valence-corrected chi connectivity index (χ0v) is 17.0. The smallest absolute Gasteiger partial charge is 0.233 e. The van der Waals surface area contributed by atoms with Crippen molar-refractivity contribution in [3.8, 4) is 11.4 Å². The largest absolute Gasteiger partial charge is 0.379 e. The Labute approximate surface area is 176 Å². The minimum atomic E-state index is -0.543. The van der Waals surface area contributed by atoms with E-state index in [4.69, 9.17) is 16.3 Å². The Hall–Kier alpha value is -2.78. The standard InChI is InChI=1S/C20H20ClFN6O2/c1-20(9-30-10-20)19(29)28-3-2-12(8-28)26-18-15(22)7-25-17(27-18)14-6-24-16-13(14)4-11(21)5-23-16/h4-7,12H,2-3,8-10H2,1H3,(H,23,24)(H,25,26,27)/t12-/m0/s1. The topological polar surface area (TPSA) is 96.0 Å². The van der Waals surface area contributed by atoms with E-state index in [-0.39, 0.29) is 17.8 Å². The van der Waals surface area contributed by atoms with Crippen LogP contribution in [0.4, 0.5) is 10.2 Å². The number of hydrogen-bond acceptors (Lipinski definition) is 6. The monoisotopic (exact) mass is 430 g/mol. The van der Waals surface area contributed by atoms with Gasteiger partial charge in [-0.15, -0.1) is 0 Å². The highest BCUT2D eigenvalue weighted by Gasteiger charge is 2.45. The van der Waals surface area contributed by atoms with E-state index in [0.29, 0.717) is 54.8 Å². The molecule has 0 aliphatic carbocycles. The van der Waals surface area contributed by atoms with Gasteiger partial charge in [-0.3, -0.25) is 4.79 Å². The molecule has 1 amide bonds. The number of ether oxygens (including phenoxy) is 1. The minimum Gasteiger partial charge on any atom is -0.379 e. The number of carbonyl (C=O) groups excluding carboxylic acids is 1. The zero-order chi connectivity index (χ0) is 20.9. The fourth-order valence-corrected chi connectivity index (χ4v) is 4.09. The number of fused-ring (bicyclic) bond motifs is 1. The molecule has 8 nitrogen and oxygen atoms in total. The van der Waals surface area contributed by atoms with Crippen molar-refractivity contribution < 1.29 is 13.9 Å². The van der Waals surface area contributed by atoms with Crippen LogP contribution < -0.4 is 5.32 Å². The molecule has 2 N–H and O–H groups in total. The van der Waals surface area contributed by atoms with Gasteiger partial charge in [0.2, 0.25) is 5.91 Å². The molecule has 0 saturated carbocycles. The molecule has 156 valence electrons. The lowest BCUT2D eigenvalue weighted by Crippen LogP contribution is -2.53. The van der Waals surface area contributed by atoms with Crippen LogP contribution in [0.2, 0.25) is 5.02 Å². The first-order chi connectivity index (χ1) is 14.4. The maximum Gasteiger partial charge on any atom is 0.233 e. The lowest BCUT2D eigenvalue weighted by molar-refractivity contribution is -0.167. The summed E-state index contributed by atoms with van der Waals surface area (Å²) >= 11 is 6.06. The summed E-state index contributed by atoms with van der Waals surface area (Å²) in [6.07, 6.45) is 5.13. The number of aromatic nitrogens is 4. The van der Waals surface area contributed by atoms with Crippen molar-refractivity contribution in [2.45, 2.75) is 19.4 Å². The molecule has 2 saturated heterocycles. The van der Waals surface area contributed by atoms with Crippen LogP contribution in [0.1, 0.15) is 13.3 Å². The van der Waals surface area contributed by atoms with Gasteiger partial charge in [0.15, 0.2) is 17.5 Å². The van der Waals surface area contributed by atoms with Gasteiger partial charge in [-0.05, 0) is 19.4 Å². The second kappa shape index (κ2) is 7.17. The third-order valence-corrected chi connectivity index (χ3v) is 5.86. The van der Waals surface area contributed by atoms with Crippen LogP contribution in [0.25, 0.3) is 22.4 Å². The second-order valence-electron chi connectivity index (χ2n) is 8.08. The van der Waals surface area contributed by atoms with Crippen LogP contribution in [0.3, 0.4) is 0 Å². The van der Waals surface area contributed by atoms with E-state index >= 15 is 0 Å². The molecule has 2 fully saturated rings. The van der Waals surface area contributed by atoms with Gasteiger partial charge in [-0.1, -0.05) is 11.6 Å². The van der Waals surface area contributed by atoms with E-state index in [0.717, 1.165) is 11.6 Å². The lowest BCUT2D eigenvalue weighted by Gasteiger charge is -2.39. The fourth-order valence-electron chi connectivity index (χ4n) is 3.93. The average Bonchev–Trinajstić information content (AvgIpc) is 3.34. The molecule has 30 heavy (non-hydrogen) atoms. The number of H-pyrrole nitrogens is 1. The van der Waals surface area contributed by atoms with Crippen molar-refractivity contribution in [2.24, 2.45) is 5.41 Å². The van der Waals surface area contributed by atoms with Crippen molar-refractivity contribution in [3.63, 3.8) is 0 Å². The number of nitrogens with zero attached hydrogens (tertiary/aromatic N) is 4. The molecule has 2 aliphatic rings. The molecule has 0 spiro atoms. The maximum atomic E-state index is 14.4. The fraction of sp³-hybridized carbons (Fsp3) is 0.400. The van der Waals surface area contributed by atoms with Crippen LogP contribution in [-0.4, -0.2) is 63.1 Å². The van der Waals surface area contributed by atoms with E-state index in [9.17, 15) is 9.18 Å². The van der Waals surface area contributed by atoms with E-state index in [2.05, 4.69) is 25.3 Å². The molecular weight excluding hydrogens is 411 g/mol. The summed E-state index contributed by atoms with van der Waals surface area (Å²) in [6.45, 7) is 3.94. The normalized spacial score (nSPS) is 20.4. The number of hydrogen-bond donors (Lipinski definition) is 2. The highest BCUT2D eigenvalue weighted by Crippen LogP contribution is 2.32. The van der Waals surface area contributed by atoms with Crippen LogP contribution >= 0.6 is 11.6 Å². The van der Waals surface area contributed by atoms with E-state index < -0.39 is 11.2 Å². The minimum absolute atomic E-state index is 0.0880. The van der Waals surface area contributed by atoms with Crippen molar-refractivity contribution >= 4 is 34.4 Å². The van der Waals surface area contributed by atoms with Crippen molar-refractivity contribution in [2.75, 3.05) is 31.6 Å². The van der Waals surface area contributed by atoms with Crippen LogP contribution in [0.5, 0.6) is 0 Å². The molecule has 3 aromatic rings. The molecular formula is C20H20ClFN6O2. The van der Waals surface area contributed by atoms with Crippen molar-refractivity contribution in [1.82, 2.24) is 24.8 Å². The van der Waals surface area contributed by atoms with Crippen molar-refractivity contribution in [1.29, 1.82) is 0 Å². The van der Waals surface area contributed by atoms with Crippen LogP contribution in [0.15, 0.2) is 24.7 Å². The third kappa shape index (κ3) is 3.27. The number of pyridine rings is 1. The number of amides is 1. The number of aromatic amines is 1. The molecule has 5 heterocycles. The maximum absolute atomic E-state index is 14.4. The highest BCUT2D eigenvalue weighted by molar-refractivity contribution is 6.31. The zero-order valence-electron chi connectivity index (χ0n) is 16.3. The van der Waals surface area contributed by atoms with Gasteiger partial charge in [-0.25, -0.2) is 19.3 Å². The number of anilines is 1. The molecule has 0 aromatic carbocycles. The molecule has 0 radical (unpaired) electrons. The van der Waals surface area contributed by atoms with Crippen LogP contribution in [-0.2, 0) is 9.53 Å². The Morgan fingerprint density at radius 2 is 2.23 bits per heavy atom. The number of likely N-dealkylation sites (tertiary alicyclic amines) is 1. The second-order valence-corrected chi connectivity index (χ2v) is 8.51. The van der Waals surface area contributed by atoms with Gasteiger partial charge in [0.25, 0.3) is 0 Å². The number of halogens is 2. The summed E-state index contributed by atoms with van der Waals surface area (Å²) < 4.78 is 19.6. The summed E-state index contributed by atoms with van der Waals surface area (Å²) in [5.41, 5.74) is 0.895. The van der Waals surface area contributed by atoms with Gasteiger partial charge in [0.05, 0.1) is 29.8 Å². The quantitative estimate of drug-likeness (QED) is 0.660. The predicted octanol–water partition coefficient (Wildman–Crippen LogP) is 2.86. The predicted molar refractivity (Wildman–Crippen MR) is 110 cm³/mol. The molecule has 2 aliphatic heterocycles. The first-order valence-corrected chi connectivity index (χ1v) is 10.1. The van der Waals surface area contributed by atoms with Crippen LogP contribution in [0, 0.1) is 11.2 Å². The van der Waals surface area contributed by atoms with Gasteiger partial charge >= 0.3 is 0 Å². The van der Waals surface area contributed by atoms with Gasteiger partial charge in [-0.2, -0.15) is 0 Å². The molecule has 3 aromatic heterocycles. The Bertz CT molecular complexity index is 1130. The summed E-state index contributed by atoms with van der Waals surface area (Å²) in [4.78, 5) is 30.3. The summed E-state index contributed by atoms with van der Waals surface area (Å²) in [6, 6.07) is 1.68. The number of carbonyl (C=O) groups is 1. The van der Waals surface area contributed by atoms with E-state index in [1.165, 1.54) is 0 Å². The molecule has 10 heteroatoms. The van der Waals surface area contributed by atoms with Crippen molar-refractivity contribution in [3.05, 3.63) is 35.5 Å². The van der Waals surface area contributed by atoms with E-state index in [1.54, 1.807) is 18.5 Å². The summed E-state index contributed by atoms with van der Waals surface area (Å²) in [5, 5.41) is 4.39. The SMILES string of the molecule is CC1(C(=O)N2CC[C@H](Nc3nc(-c4c[nH]c5ncc(Cl)cc45)ncc3F)C2)COC1. The molecule has 0 unspecified atom stereocenters. The average molecular weight is 431 g/mol. The number of nitrogens with one attached hydrogen (secondary N) is 2. The summed E-state index contributed by atoms with van der Waals surface area (Å²) in [7, 11) is 0. The first kappa shape index (κ1) is 19.2. The number of rotatable bonds is 4. The molecule has 5 rings (SSSR count). The molecule has 1 atom stereocenters. The van der Waals surface area contributed by atoms with Gasteiger partial charge in [0, 0.05) is 42.5 Å². The Balaban J connectivity index is 1.36. The first-order valence-electron chi connectivity index (χ1n) is 9.72. The van der Waals surface area contributed by atoms with E-state index in [1.807, 2.05) is 11.8 Å². The lowest BCUT2D eigenvalue weighted by atomic mass is 9.87. The van der Waals surface area contributed by atoms with Gasteiger partial charge in [0.1, 0.15) is 5.65 Å². The Kier molecular flexibility index (Phi) is 4.59. The third-order valence-electron chi connectivity index (χ3n) is 5.66. The Morgan fingerprint density at radius 3 is 3.00 bits per heavy atom. The Morgan fingerprint density at radius 1 is 1.40 bits per heavy atom. The summed E-state index contributed by atoms with van der Waals surface area (Å²) in [5.74, 6) is 0.0186. The molecule has 0 bridgehead atoms. The van der Waals surface area contributed by atoms with Gasteiger partial charge < -0.3 is 19.9 Å². The highest BCUT2D eigenvalue weighted by atomic mass is 35.5.